The first-order valence-corrected chi connectivity index (χ1v) is 7.79. The van der Waals surface area contributed by atoms with E-state index in [9.17, 15) is 0 Å². The molecule has 1 atom stereocenters. The molecule has 0 amide bonds. The molecule has 0 aliphatic heterocycles. The molecule has 1 unspecified atom stereocenters. The number of rotatable bonds is 10. The van der Waals surface area contributed by atoms with Crippen molar-refractivity contribution in [2.45, 2.75) is 32.4 Å². The molecule has 0 saturated heterocycles. The van der Waals surface area contributed by atoms with E-state index in [1.807, 2.05) is 0 Å². The molecule has 0 radical (unpaired) electrons. The maximum Gasteiger partial charge on any atom is 0.0589 e. The minimum Gasteiger partial charge on any atom is -0.383 e. The summed E-state index contributed by atoms with van der Waals surface area (Å²) < 4.78 is 5.24. The topological polar surface area (TPSA) is 24.5 Å². The van der Waals surface area contributed by atoms with Crippen LogP contribution in [0.5, 0.6) is 0 Å². The van der Waals surface area contributed by atoms with Crippen LogP contribution >= 0.6 is 0 Å². The summed E-state index contributed by atoms with van der Waals surface area (Å²) >= 11 is 0. The van der Waals surface area contributed by atoms with Crippen LogP contribution in [0.3, 0.4) is 0 Å². The van der Waals surface area contributed by atoms with E-state index in [2.05, 4.69) is 47.5 Å². The van der Waals surface area contributed by atoms with Gasteiger partial charge in [0.1, 0.15) is 0 Å². The van der Waals surface area contributed by atoms with E-state index in [0.29, 0.717) is 6.04 Å². The molecule has 2 rings (SSSR count). The second kappa shape index (κ2) is 8.40. The van der Waals surface area contributed by atoms with Crippen molar-refractivity contribution in [1.82, 2.24) is 10.2 Å². The zero-order valence-corrected chi connectivity index (χ0v) is 12.8. The number of methoxy groups -OCH3 is 1. The van der Waals surface area contributed by atoms with E-state index in [4.69, 9.17) is 4.74 Å². The van der Waals surface area contributed by atoms with E-state index in [1.165, 1.54) is 18.4 Å². The fourth-order valence-corrected chi connectivity index (χ4v) is 2.66. The molecule has 3 heteroatoms. The van der Waals surface area contributed by atoms with Crippen molar-refractivity contribution in [3.63, 3.8) is 0 Å². The molecular formula is C17H28N2O. The summed E-state index contributed by atoms with van der Waals surface area (Å²) in [4.78, 5) is 2.57. The van der Waals surface area contributed by atoms with Crippen LogP contribution in [-0.4, -0.2) is 44.3 Å². The molecule has 1 aromatic rings. The van der Waals surface area contributed by atoms with E-state index >= 15 is 0 Å². The Hall–Kier alpha value is -0.900. The van der Waals surface area contributed by atoms with Gasteiger partial charge < -0.3 is 10.1 Å². The number of nitrogens with one attached hydrogen (secondary N) is 1. The first kappa shape index (κ1) is 15.5. The van der Waals surface area contributed by atoms with E-state index in [-0.39, 0.29) is 0 Å². The van der Waals surface area contributed by atoms with Crippen LogP contribution in [0.15, 0.2) is 30.3 Å². The number of ether oxygens (including phenoxy) is 1. The molecular weight excluding hydrogens is 248 g/mol. The summed E-state index contributed by atoms with van der Waals surface area (Å²) in [6.07, 6.45) is 2.81. The lowest BCUT2D eigenvalue weighted by molar-refractivity contribution is 0.117. The highest BCUT2D eigenvalue weighted by Gasteiger charge is 2.31. The van der Waals surface area contributed by atoms with Crippen LogP contribution in [0.25, 0.3) is 0 Å². The molecule has 0 bridgehead atoms. The third-order valence-electron chi connectivity index (χ3n) is 4.21. The van der Waals surface area contributed by atoms with Gasteiger partial charge in [-0.2, -0.15) is 0 Å². The molecule has 112 valence electrons. The average Bonchev–Trinajstić information content (AvgIpc) is 3.31. The predicted octanol–water partition coefficient (Wildman–Crippen LogP) is 2.52. The monoisotopic (exact) mass is 276 g/mol. The minimum absolute atomic E-state index is 0.698. The predicted molar refractivity (Wildman–Crippen MR) is 83.8 cm³/mol. The smallest absolute Gasteiger partial charge is 0.0589 e. The van der Waals surface area contributed by atoms with Gasteiger partial charge in [0.2, 0.25) is 0 Å². The van der Waals surface area contributed by atoms with Crippen LogP contribution in [0, 0.1) is 5.92 Å². The van der Waals surface area contributed by atoms with Crippen LogP contribution in [0.2, 0.25) is 0 Å². The fourth-order valence-electron chi connectivity index (χ4n) is 2.66. The molecule has 1 N–H and O–H groups in total. The van der Waals surface area contributed by atoms with Gasteiger partial charge >= 0.3 is 0 Å². The Morgan fingerprint density at radius 2 is 2.00 bits per heavy atom. The van der Waals surface area contributed by atoms with E-state index in [1.54, 1.807) is 7.11 Å². The lowest BCUT2D eigenvalue weighted by Gasteiger charge is -2.29. The van der Waals surface area contributed by atoms with Crippen LogP contribution < -0.4 is 5.32 Å². The molecule has 0 heterocycles. The lowest BCUT2D eigenvalue weighted by Crippen LogP contribution is -2.41. The summed E-state index contributed by atoms with van der Waals surface area (Å²) in [7, 11) is 1.79. The van der Waals surface area contributed by atoms with Crippen molar-refractivity contribution in [1.29, 1.82) is 0 Å². The van der Waals surface area contributed by atoms with Gasteiger partial charge in [0.05, 0.1) is 6.61 Å². The SMILES string of the molecule is COCCN(CCNCc1ccccc1)C(C)C1CC1. The van der Waals surface area contributed by atoms with Gasteiger partial charge in [0.15, 0.2) is 0 Å². The second-order valence-electron chi connectivity index (χ2n) is 5.77. The maximum atomic E-state index is 5.24. The highest BCUT2D eigenvalue weighted by Crippen LogP contribution is 2.34. The Morgan fingerprint density at radius 3 is 2.65 bits per heavy atom. The van der Waals surface area contributed by atoms with Crippen molar-refractivity contribution in [3.05, 3.63) is 35.9 Å². The van der Waals surface area contributed by atoms with Crippen molar-refractivity contribution < 1.29 is 4.74 Å². The van der Waals surface area contributed by atoms with E-state index < -0.39 is 0 Å². The first-order chi connectivity index (χ1) is 9.81. The van der Waals surface area contributed by atoms with Gasteiger partial charge in [0.25, 0.3) is 0 Å². The zero-order chi connectivity index (χ0) is 14.2. The molecule has 3 nitrogen and oxygen atoms in total. The highest BCUT2D eigenvalue weighted by atomic mass is 16.5. The molecule has 1 saturated carbocycles. The number of hydrogen-bond acceptors (Lipinski definition) is 3. The van der Waals surface area contributed by atoms with Crippen LogP contribution in [0.1, 0.15) is 25.3 Å². The van der Waals surface area contributed by atoms with Crippen LogP contribution in [0.4, 0.5) is 0 Å². The summed E-state index contributed by atoms with van der Waals surface area (Å²) in [6.45, 7) is 7.34. The Labute approximate surface area is 123 Å². The Balaban J connectivity index is 1.68. The standard InChI is InChI=1S/C17H28N2O/c1-15(17-8-9-17)19(12-13-20-2)11-10-18-14-16-6-4-3-5-7-16/h3-7,15,17-18H,8-14H2,1-2H3. The third kappa shape index (κ3) is 5.23. The lowest BCUT2D eigenvalue weighted by atomic mass is 10.2. The Morgan fingerprint density at radius 1 is 1.25 bits per heavy atom. The van der Waals surface area contributed by atoms with Crippen molar-refractivity contribution in [3.8, 4) is 0 Å². The summed E-state index contributed by atoms with van der Waals surface area (Å²) in [6, 6.07) is 11.3. The quantitative estimate of drug-likeness (QED) is 0.665. The molecule has 1 fully saturated rings. The number of nitrogens with zero attached hydrogens (tertiary/aromatic N) is 1. The molecule has 1 aliphatic carbocycles. The number of hydrogen-bond donors (Lipinski definition) is 1. The van der Waals surface area contributed by atoms with E-state index in [0.717, 1.165) is 38.7 Å². The first-order valence-electron chi connectivity index (χ1n) is 7.79. The summed E-state index contributed by atoms with van der Waals surface area (Å²) in [5.41, 5.74) is 1.35. The maximum absolute atomic E-state index is 5.24. The zero-order valence-electron chi connectivity index (χ0n) is 12.8. The summed E-state index contributed by atoms with van der Waals surface area (Å²) in [5, 5.41) is 3.54. The second-order valence-corrected chi connectivity index (χ2v) is 5.77. The van der Waals surface area contributed by atoms with Gasteiger partial charge in [-0.15, -0.1) is 0 Å². The average molecular weight is 276 g/mol. The fraction of sp³-hybridized carbons (Fsp3) is 0.647. The van der Waals surface area contributed by atoms with Crippen molar-refractivity contribution in [2.75, 3.05) is 33.4 Å². The molecule has 0 spiro atoms. The molecule has 1 aromatic carbocycles. The Kier molecular flexibility index (Phi) is 6.51. The minimum atomic E-state index is 0.698. The van der Waals surface area contributed by atoms with Crippen LogP contribution in [-0.2, 0) is 11.3 Å². The normalized spacial score (nSPS) is 16.6. The van der Waals surface area contributed by atoms with Crippen molar-refractivity contribution in [2.24, 2.45) is 5.92 Å². The Bertz CT molecular complexity index is 365. The molecule has 0 aromatic heterocycles. The molecule has 1 aliphatic rings. The van der Waals surface area contributed by atoms with Gasteiger partial charge in [-0.25, -0.2) is 0 Å². The van der Waals surface area contributed by atoms with Gasteiger partial charge in [0, 0.05) is 39.3 Å². The third-order valence-corrected chi connectivity index (χ3v) is 4.21. The molecule has 20 heavy (non-hydrogen) atoms. The summed E-state index contributed by atoms with van der Waals surface area (Å²) in [5.74, 6) is 0.918. The largest absolute Gasteiger partial charge is 0.383 e. The van der Waals surface area contributed by atoms with Gasteiger partial charge in [-0.3, -0.25) is 4.90 Å². The van der Waals surface area contributed by atoms with Crippen molar-refractivity contribution >= 4 is 0 Å². The number of benzene rings is 1. The van der Waals surface area contributed by atoms with Gasteiger partial charge in [-0.05, 0) is 31.2 Å². The highest BCUT2D eigenvalue weighted by molar-refractivity contribution is 5.14. The van der Waals surface area contributed by atoms with Gasteiger partial charge in [-0.1, -0.05) is 30.3 Å².